The van der Waals surface area contributed by atoms with Crippen LogP contribution < -0.4 is 0 Å². The number of tetrazole rings is 1. The van der Waals surface area contributed by atoms with E-state index < -0.39 is 70.2 Å². The number of alkyl halides is 9. The predicted octanol–water partition coefficient (Wildman–Crippen LogP) is 10.2. The maximum absolute atomic E-state index is 14.8. The molecule has 0 aliphatic heterocycles. The topological polar surface area (TPSA) is 62.1 Å². The number of nitrogens with zero attached hydrogens (tertiary/aromatic N) is 4. The lowest BCUT2D eigenvalue weighted by atomic mass is 10.0. The van der Waals surface area contributed by atoms with Gasteiger partial charge in [0.05, 0.1) is 18.4 Å². The second-order valence-corrected chi connectivity index (χ2v) is 24.6. The van der Waals surface area contributed by atoms with E-state index >= 15 is 0 Å². The Balaban J connectivity index is 2.39. The van der Waals surface area contributed by atoms with E-state index in [1.54, 1.807) is 27.7 Å². The molecule has 47 heavy (non-hydrogen) atoms. The van der Waals surface area contributed by atoms with Crippen LogP contribution in [-0.2, 0) is 8.85 Å². The Morgan fingerprint density at radius 1 is 0.851 bits per heavy atom. The van der Waals surface area contributed by atoms with Crippen molar-refractivity contribution in [2.75, 3.05) is 12.4 Å². The number of thioether (sulfide) groups is 1. The van der Waals surface area contributed by atoms with Crippen molar-refractivity contribution in [3.63, 3.8) is 0 Å². The van der Waals surface area contributed by atoms with E-state index in [-0.39, 0.29) is 18.1 Å². The molecule has 2 aromatic rings. The SMILES string of the molecule is CC(C)[Si](CCC(F)(F)C(F)(F)C(F)(F)C(F)(F)F)(O[C@H](CCSc1nnnn1-c1ccccc1)CO[Si](C)(C)C(C)(C)C)C(C)C. The maximum Gasteiger partial charge on any atom is 0.460 e. The minimum absolute atomic E-state index is 0.0353. The number of hydrogen-bond donors (Lipinski definition) is 0. The molecule has 0 unspecified atom stereocenters. The Kier molecular flexibility index (Phi) is 13.3. The third-order valence-electron chi connectivity index (χ3n) is 8.93. The minimum atomic E-state index is -6.93. The molecule has 270 valence electrons. The van der Waals surface area contributed by atoms with Gasteiger partial charge in [-0.25, -0.2) is 0 Å². The lowest BCUT2D eigenvalue weighted by Gasteiger charge is -2.44. The third-order valence-corrected chi connectivity index (χ3v) is 20.1. The van der Waals surface area contributed by atoms with Gasteiger partial charge in [0, 0.05) is 12.2 Å². The molecule has 0 amide bonds. The summed E-state index contributed by atoms with van der Waals surface area (Å²) < 4.78 is 138. The van der Waals surface area contributed by atoms with Gasteiger partial charge in [-0.3, -0.25) is 0 Å². The van der Waals surface area contributed by atoms with E-state index in [0.717, 1.165) is 0 Å². The largest absolute Gasteiger partial charge is 0.460 e. The molecule has 0 fully saturated rings. The van der Waals surface area contributed by atoms with Gasteiger partial charge >= 0.3 is 23.9 Å². The van der Waals surface area contributed by atoms with Crippen LogP contribution in [0.3, 0.4) is 0 Å². The molecule has 0 saturated carbocycles. The molecular weight excluding hydrogens is 696 g/mol. The molecule has 6 nitrogen and oxygen atoms in total. The quantitative estimate of drug-likeness (QED) is 0.0915. The van der Waals surface area contributed by atoms with E-state index in [2.05, 4.69) is 15.5 Å². The average molecular weight is 741 g/mol. The molecule has 0 bridgehead atoms. The average Bonchev–Trinajstić information content (AvgIpc) is 3.41. The van der Waals surface area contributed by atoms with Crippen LogP contribution in [0, 0.1) is 0 Å². The molecule has 1 atom stereocenters. The van der Waals surface area contributed by atoms with Crippen molar-refractivity contribution in [1.82, 2.24) is 20.2 Å². The second-order valence-electron chi connectivity index (χ2n) is 13.8. The Hall–Kier alpha value is -1.64. The fourth-order valence-electron chi connectivity index (χ4n) is 4.78. The van der Waals surface area contributed by atoms with Crippen LogP contribution in [0.2, 0.25) is 35.3 Å². The molecule has 0 aliphatic rings. The number of halogens is 9. The summed E-state index contributed by atoms with van der Waals surface area (Å²) in [6, 6.07) is 8.32. The minimum Gasteiger partial charge on any atom is -0.414 e. The molecule has 0 saturated heterocycles. The first-order chi connectivity index (χ1) is 21.2. The van der Waals surface area contributed by atoms with E-state index in [1.165, 1.54) is 16.4 Å². The Bertz CT molecular complexity index is 1270. The molecule has 2 rings (SSSR count). The summed E-state index contributed by atoms with van der Waals surface area (Å²) in [5.74, 6) is -18.9. The van der Waals surface area contributed by atoms with E-state index in [4.69, 9.17) is 8.85 Å². The summed E-state index contributed by atoms with van der Waals surface area (Å²) in [4.78, 5) is 0. The van der Waals surface area contributed by atoms with Crippen LogP contribution in [0.15, 0.2) is 35.5 Å². The molecule has 1 aromatic heterocycles. The first-order valence-corrected chi connectivity index (χ1v) is 21.4. The molecule has 18 heteroatoms. The van der Waals surface area contributed by atoms with Crippen molar-refractivity contribution in [2.24, 2.45) is 0 Å². The Morgan fingerprint density at radius 2 is 1.40 bits per heavy atom. The van der Waals surface area contributed by atoms with Crippen LogP contribution in [0.5, 0.6) is 0 Å². The molecule has 1 heterocycles. The monoisotopic (exact) mass is 740 g/mol. The highest BCUT2D eigenvalue weighted by Gasteiger charge is 2.81. The van der Waals surface area contributed by atoms with Crippen molar-refractivity contribution in [3.8, 4) is 5.69 Å². The summed E-state index contributed by atoms with van der Waals surface area (Å²) in [6.45, 7) is 16.7. The highest BCUT2D eigenvalue weighted by molar-refractivity contribution is 7.99. The van der Waals surface area contributed by atoms with Gasteiger partial charge in [-0.15, -0.1) is 5.10 Å². The lowest BCUT2D eigenvalue weighted by Crippen LogP contribution is -2.61. The zero-order chi connectivity index (χ0) is 36.3. The molecular formula is C29H45F9N4O2SSi2. The lowest BCUT2D eigenvalue weighted by molar-refractivity contribution is -0.396. The van der Waals surface area contributed by atoms with Gasteiger partial charge < -0.3 is 8.85 Å². The Labute approximate surface area is 276 Å². The molecule has 0 radical (unpaired) electrons. The molecule has 0 N–H and O–H groups in total. The zero-order valence-corrected chi connectivity index (χ0v) is 30.9. The molecule has 0 aliphatic carbocycles. The van der Waals surface area contributed by atoms with E-state index in [9.17, 15) is 39.5 Å². The van der Waals surface area contributed by atoms with Crippen LogP contribution in [-0.4, -0.2) is 79.2 Å². The first kappa shape index (κ1) is 41.5. The van der Waals surface area contributed by atoms with Gasteiger partial charge in [0.25, 0.3) is 0 Å². The van der Waals surface area contributed by atoms with Crippen molar-refractivity contribution in [2.45, 2.75) is 132 Å². The van der Waals surface area contributed by atoms with Crippen LogP contribution in [0.1, 0.15) is 61.3 Å². The second kappa shape index (κ2) is 15.1. The maximum atomic E-state index is 14.8. The van der Waals surface area contributed by atoms with Gasteiger partial charge in [0.2, 0.25) is 5.16 Å². The highest BCUT2D eigenvalue weighted by atomic mass is 32.2. The van der Waals surface area contributed by atoms with Crippen molar-refractivity contribution in [1.29, 1.82) is 0 Å². The third kappa shape index (κ3) is 9.33. The van der Waals surface area contributed by atoms with Crippen LogP contribution in [0.4, 0.5) is 39.5 Å². The van der Waals surface area contributed by atoms with Gasteiger partial charge in [-0.05, 0) is 64.2 Å². The molecule has 0 spiro atoms. The van der Waals surface area contributed by atoms with Crippen molar-refractivity contribution in [3.05, 3.63) is 30.3 Å². The summed E-state index contributed by atoms with van der Waals surface area (Å²) in [5.41, 5.74) is -0.277. The fourth-order valence-corrected chi connectivity index (χ4v) is 11.4. The number of aromatic nitrogens is 4. The van der Waals surface area contributed by atoms with Crippen molar-refractivity contribution >= 4 is 28.4 Å². The van der Waals surface area contributed by atoms with Gasteiger partial charge in [0.1, 0.15) is 0 Å². The summed E-state index contributed by atoms with van der Waals surface area (Å²) >= 11 is 1.29. The standard InChI is InChI=1S/C29H45F9N4O2SSi2/c1-20(2)47(21(3)4,18-16-26(30,31)27(32,33)28(34,35)29(36,37)38)44-23(19-43-46(8,9)25(5,6)7)15-17-45-24-39-40-41-42(24)22-13-11-10-12-14-22/h10-14,20-21,23H,15-19H2,1-9H3/t23-/m1/s1. The van der Waals surface area contributed by atoms with Gasteiger partial charge in [0.15, 0.2) is 16.6 Å². The highest BCUT2D eigenvalue weighted by Crippen LogP contribution is 2.55. The van der Waals surface area contributed by atoms with Gasteiger partial charge in [-0.2, -0.15) is 44.2 Å². The molecule has 1 aromatic carbocycles. The van der Waals surface area contributed by atoms with Crippen LogP contribution in [0.25, 0.3) is 5.69 Å². The van der Waals surface area contributed by atoms with Crippen molar-refractivity contribution < 1.29 is 48.4 Å². The van der Waals surface area contributed by atoms with Crippen LogP contribution >= 0.6 is 11.8 Å². The number of benzene rings is 1. The zero-order valence-electron chi connectivity index (χ0n) is 28.1. The number of hydrogen-bond acceptors (Lipinski definition) is 6. The number of para-hydroxylation sites is 1. The van der Waals surface area contributed by atoms with E-state index in [0.29, 0.717) is 16.6 Å². The normalized spacial score (nSPS) is 15.1. The smallest absolute Gasteiger partial charge is 0.414 e. The predicted molar refractivity (Wildman–Crippen MR) is 169 cm³/mol. The number of rotatable bonds is 17. The fraction of sp³-hybridized carbons (Fsp3) is 0.759. The summed E-state index contributed by atoms with van der Waals surface area (Å²) in [7, 11) is -5.96. The van der Waals surface area contributed by atoms with Gasteiger partial charge in [-0.1, -0.05) is 78.4 Å². The Morgan fingerprint density at radius 3 is 1.89 bits per heavy atom. The van der Waals surface area contributed by atoms with E-state index in [1.807, 2.05) is 64.2 Å². The first-order valence-electron chi connectivity index (χ1n) is 15.2. The summed E-state index contributed by atoms with van der Waals surface area (Å²) in [5, 5.41) is 12.1. The summed E-state index contributed by atoms with van der Waals surface area (Å²) in [6.07, 6.45) is -9.23.